The number of nitrogens with zero attached hydrogens (tertiary/aromatic N) is 3. The van der Waals surface area contributed by atoms with Gasteiger partial charge in [0.05, 0.1) is 17.2 Å². The molecule has 0 aromatic carbocycles. The first kappa shape index (κ1) is 18.8. The Kier molecular flexibility index (Phi) is 6.68. The topological polar surface area (TPSA) is 81.5 Å². The second kappa shape index (κ2) is 8.53. The van der Waals surface area contributed by atoms with Gasteiger partial charge in [-0.1, -0.05) is 34.8 Å². The van der Waals surface area contributed by atoms with Crippen molar-refractivity contribution in [1.29, 1.82) is 0 Å². The second-order valence-corrected chi connectivity index (χ2v) is 6.30. The first-order chi connectivity index (χ1) is 11.4. The molecule has 0 aliphatic carbocycles. The van der Waals surface area contributed by atoms with Gasteiger partial charge in [-0.3, -0.25) is 9.59 Å². The third-order valence-electron chi connectivity index (χ3n) is 2.72. The minimum Gasteiger partial charge on any atom is -0.465 e. The van der Waals surface area contributed by atoms with Crippen LogP contribution in [0.3, 0.4) is 0 Å². The second-order valence-electron chi connectivity index (χ2n) is 4.28. The van der Waals surface area contributed by atoms with Crippen molar-refractivity contribution in [2.45, 2.75) is 6.92 Å². The van der Waals surface area contributed by atoms with Gasteiger partial charge in [-0.05, 0) is 13.0 Å². The number of carbonyl (C=O) groups is 2. The Morgan fingerprint density at radius 1 is 1.42 bits per heavy atom. The summed E-state index contributed by atoms with van der Waals surface area (Å²) in [7, 11) is 0. The standard InChI is InChI=1S/C14H10Cl3N3O3S/c1-2-23-13(22)7(6-19-14-18-3-4-24-14)11(21)10-8(15)5-9(16)20-12(10)17/h3-7H,2H2,1H3. The lowest BCUT2D eigenvalue weighted by Crippen LogP contribution is -2.28. The molecule has 6 nitrogen and oxygen atoms in total. The van der Waals surface area contributed by atoms with Crippen molar-refractivity contribution in [1.82, 2.24) is 9.97 Å². The number of hydrogen-bond donors (Lipinski definition) is 0. The van der Waals surface area contributed by atoms with Gasteiger partial charge in [0, 0.05) is 17.8 Å². The predicted octanol–water partition coefficient (Wildman–Crippen LogP) is 4.26. The Hall–Kier alpha value is -1.54. The lowest BCUT2D eigenvalue weighted by molar-refractivity contribution is -0.143. The SMILES string of the molecule is CCOC(=O)C(C=Nc1nccs1)C(=O)c1c(Cl)cc(Cl)nc1Cl. The first-order valence-electron chi connectivity index (χ1n) is 6.60. The highest BCUT2D eigenvalue weighted by atomic mass is 35.5. The summed E-state index contributed by atoms with van der Waals surface area (Å²) < 4.78 is 4.92. The van der Waals surface area contributed by atoms with Crippen molar-refractivity contribution in [3.63, 3.8) is 0 Å². The highest BCUT2D eigenvalue weighted by Gasteiger charge is 2.31. The van der Waals surface area contributed by atoms with Gasteiger partial charge in [0.2, 0.25) is 5.13 Å². The molecule has 0 saturated heterocycles. The Morgan fingerprint density at radius 2 is 2.17 bits per heavy atom. The van der Waals surface area contributed by atoms with Gasteiger partial charge in [0.1, 0.15) is 10.3 Å². The van der Waals surface area contributed by atoms with E-state index in [0.717, 1.165) is 6.21 Å². The van der Waals surface area contributed by atoms with Gasteiger partial charge < -0.3 is 4.74 Å². The van der Waals surface area contributed by atoms with Gasteiger partial charge in [-0.15, -0.1) is 11.3 Å². The molecule has 0 amide bonds. The van der Waals surface area contributed by atoms with Crippen LogP contribution in [-0.4, -0.2) is 34.5 Å². The number of Topliss-reactive ketones (excluding diaryl/α,β-unsaturated/α-hetero) is 1. The largest absolute Gasteiger partial charge is 0.465 e. The monoisotopic (exact) mass is 405 g/mol. The van der Waals surface area contributed by atoms with Gasteiger partial charge in [0.25, 0.3) is 0 Å². The Bertz CT molecular complexity index is 758. The number of aliphatic imine (C=N–C) groups is 1. The number of carbonyl (C=O) groups excluding carboxylic acids is 2. The maximum absolute atomic E-state index is 12.7. The molecule has 0 aliphatic heterocycles. The van der Waals surface area contributed by atoms with E-state index in [9.17, 15) is 9.59 Å². The molecule has 2 heterocycles. The molecule has 0 bridgehead atoms. The van der Waals surface area contributed by atoms with Crippen LogP contribution in [0.1, 0.15) is 17.3 Å². The van der Waals surface area contributed by atoms with E-state index in [4.69, 9.17) is 39.5 Å². The van der Waals surface area contributed by atoms with Crippen molar-refractivity contribution in [3.05, 3.63) is 38.5 Å². The average Bonchev–Trinajstić information content (AvgIpc) is 3.00. The van der Waals surface area contributed by atoms with E-state index in [1.165, 1.54) is 17.4 Å². The van der Waals surface area contributed by atoms with Crippen LogP contribution in [0, 0.1) is 5.92 Å². The third kappa shape index (κ3) is 4.51. The van der Waals surface area contributed by atoms with E-state index < -0.39 is 17.7 Å². The van der Waals surface area contributed by atoms with Crippen LogP contribution in [0.15, 0.2) is 22.6 Å². The smallest absolute Gasteiger partial charge is 0.322 e. The summed E-state index contributed by atoms with van der Waals surface area (Å²) in [6, 6.07) is 1.27. The minimum atomic E-state index is -1.33. The zero-order valence-electron chi connectivity index (χ0n) is 12.2. The summed E-state index contributed by atoms with van der Waals surface area (Å²) in [5.41, 5.74) is -0.119. The van der Waals surface area contributed by atoms with Crippen LogP contribution in [0.25, 0.3) is 0 Å². The summed E-state index contributed by atoms with van der Waals surface area (Å²) in [5, 5.41) is 1.93. The number of rotatable bonds is 6. The Morgan fingerprint density at radius 3 is 2.75 bits per heavy atom. The van der Waals surface area contributed by atoms with E-state index >= 15 is 0 Å². The highest BCUT2D eigenvalue weighted by molar-refractivity contribution is 7.13. The molecule has 0 fully saturated rings. The molecule has 126 valence electrons. The molecule has 24 heavy (non-hydrogen) atoms. The van der Waals surface area contributed by atoms with Gasteiger partial charge in [0.15, 0.2) is 11.7 Å². The number of aromatic nitrogens is 2. The summed E-state index contributed by atoms with van der Waals surface area (Å²) >= 11 is 18.9. The van der Waals surface area contributed by atoms with E-state index in [0.29, 0.717) is 5.13 Å². The molecule has 2 aromatic rings. The number of thiazole rings is 1. The predicted molar refractivity (Wildman–Crippen MR) is 94.0 cm³/mol. The number of ether oxygens (including phenoxy) is 1. The summed E-state index contributed by atoms with van der Waals surface area (Å²) in [4.78, 5) is 36.6. The maximum Gasteiger partial charge on any atom is 0.322 e. The fourth-order valence-electron chi connectivity index (χ4n) is 1.72. The molecule has 1 unspecified atom stereocenters. The van der Waals surface area contributed by atoms with Crippen LogP contribution in [0.2, 0.25) is 15.3 Å². The van der Waals surface area contributed by atoms with E-state index in [1.54, 1.807) is 18.5 Å². The summed E-state index contributed by atoms with van der Waals surface area (Å²) in [5.74, 6) is -2.79. The van der Waals surface area contributed by atoms with Gasteiger partial charge in [-0.25, -0.2) is 15.0 Å². The van der Waals surface area contributed by atoms with Crippen molar-refractivity contribution >= 4 is 69.2 Å². The van der Waals surface area contributed by atoms with E-state index in [2.05, 4.69) is 15.0 Å². The van der Waals surface area contributed by atoms with Crippen molar-refractivity contribution in [2.75, 3.05) is 6.61 Å². The zero-order valence-corrected chi connectivity index (χ0v) is 15.3. The first-order valence-corrected chi connectivity index (χ1v) is 8.61. The van der Waals surface area contributed by atoms with Crippen LogP contribution < -0.4 is 0 Å². The molecule has 0 N–H and O–H groups in total. The zero-order chi connectivity index (χ0) is 17.7. The van der Waals surface area contributed by atoms with Crippen molar-refractivity contribution < 1.29 is 14.3 Å². The molecule has 10 heteroatoms. The molecular formula is C14H10Cl3N3O3S. The average molecular weight is 407 g/mol. The lowest BCUT2D eigenvalue weighted by Gasteiger charge is -2.12. The maximum atomic E-state index is 12.7. The molecular weight excluding hydrogens is 397 g/mol. The number of esters is 1. The highest BCUT2D eigenvalue weighted by Crippen LogP contribution is 2.28. The van der Waals surface area contributed by atoms with Crippen molar-refractivity contribution in [2.24, 2.45) is 10.9 Å². The van der Waals surface area contributed by atoms with Crippen LogP contribution in [0.4, 0.5) is 5.13 Å². The van der Waals surface area contributed by atoms with Crippen LogP contribution in [0.5, 0.6) is 0 Å². The lowest BCUT2D eigenvalue weighted by atomic mass is 10.00. The fraction of sp³-hybridized carbons (Fsp3) is 0.214. The molecule has 1 atom stereocenters. The molecule has 2 aromatic heterocycles. The third-order valence-corrected chi connectivity index (χ3v) is 4.16. The van der Waals surface area contributed by atoms with E-state index in [1.807, 2.05) is 0 Å². The normalized spacial score (nSPS) is 12.3. The number of hydrogen-bond acceptors (Lipinski definition) is 7. The fourth-order valence-corrected chi connectivity index (χ4v) is 3.12. The van der Waals surface area contributed by atoms with Crippen LogP contribution in [-0.2, 0) is 9.53 Å². The van der Waals surface area contributed by atoms with Crippen LogP contribution >= 0.6 is 46.1 Å². The molecule has 0 saturated carbocycles. The molecule has 0 aliphatic rings. The van der Waals surface area contributed by atoms with E-state index in [-0.39, 0.29) is 27.5 Å². The number of halogens is 3. The summed E-state index contributed by atoms with van der Waals surface area (Å²) in [6.07, 6.45) is 2.70. The molecule has 2 rings (SSSR count). The summed E-state index contributed by atoms with van der Waals surface area (Å²) in [6.45, 7) is 1.73. The number of ketones is 1. The van der Waals surface area contributed by atoms with Gasteiger partial charge >= 0.3 is 5.97 Å². The Balaban J connectivity index is 2.39. The quantitative estimate of drug-likeness (QED) is 0.235. The number of pyridine rings is 1. The minimum absolute atomic E-state index is 0.0121. The molecule has 0 spiro atoms. The Labute approximate surface area is 156 Å². The van der Waals surface area contributed by atoms with Crippen molar-refractivity contribution in [3.8, 4) is 0 Å². The van der Waals surface area contributed by atoms with Gasteiger partial charge in [-0.2, -0.15) is 0 Å². The molecule has 0 radical (unpaired) electrons.